The normalized spacial score (nSPS) is 10.3. The van der Waals surface area contributed by atoms with Crippen molar-refractivity contribution in [2.24, 2.45) is 0 Å². The zero-order valence-electron chi connectivity index (χ0n) is 6.58. The highest BCUT2D eigenvalue weighted by Crippen LogP contribution is 2.20. The first-order valence-electron chi connectivity index (χ1n) is 3.34. The van der Waals surface area contributed by atoms with Crippen LogP contribution in [0.3, 0.4) is 0 Å². The molecule has 0 aliphatic heterocycles. The zero-order valence-corrected chi connectivity index (χ0v) is 7.33. The van der Waals surface area contributed by atoms with E-state index in [0.29, 0.717) is 0 Å². The zero-order chi connectivity index (χ0) is 10.7. The van der Waals surface area contributed by atoms with Crippen molar-refractivity contribution >= 4 is 17.6 Å². The van der Waals surface area contributed by atoms with E-state index in [2.05, 4.69) is 9.72 Å². The molecule has 0 radical (unpaired) electrons. The molecule has 0 unspecified atom stereocenters. The Hall–Kier alpha value is -1.43. The Bertz CT molecular complexity index is 359. The molecule has 0 saturated heterocycles. The second-order valence-electron chi connectivity index (χ2n) is 2.19. The molecule has 1 rings (SSSR count). The van der Waals surface area contributed by atoms with Crippen molar-refractivity contribution in [3.8, 4) is 5.88 Å². The lowest BCUT2D eigenvalue weighted by atomic mass is 10.3. The largest absolute Gasteiger partial charge is 0.478 e. The number of nitrogens with zero attached hydrogens (tertiary/aromatic N) is 1. The maximum absolute atomic E-state index is 11.7. The maximum atomic E-state index is 11.7. The lowest BCUT2D eigenvalue weighted by Crippen LogP contribution is -2.05. The topological polar surface area (TPSA) is 59.4 Å². The third-order valence-electron chi connectivity index (χ3n) is 1.27. The number of alkyl halides is 2. The van der Waals surface area contributed by atoms with Crippen molar-refractivity contribution in [2.75, 3.05) is 0 Å². The van der Waals surface area contributed by atoms with Crippen LogP contribution in [0.15, 0.2) is 12.3 Å². The van der Waals surface area contributed by atoms with Crippen LogP contribution in [0.5, 0.6) is 5.88 Å². The van der Waals surface area contributed by atoms with Crippen LogP contribution in [0.2, 0.25) is 5.02 Å². The van der Waals surface area contributed by atoms with E-state index in [0.717, 1.165) is 12.3 Å². The molecule has 0 aromatic carbocycles. The fourth-order valence-electron chi connectivity index (χ4n) is 0.739. The van der Waals surface area contributed by atoms with Gasteiger partial charge in [0.05, 0.1) is 16.8 Å². The number of carbonyl (C=O) groups is 1. The molecule has 0 atom stereocenters. The van der Waals surface area contributed by atoms with Crippen LogP contribution in [0.4, 0.5) is 8.78 Å². The predicted molar refractivity (Wildman–Crippen MR) is 42.8 cm³/mol. The molecule has 0 amide bonds. The average molecular weight is 224 g/mol. The highest BCUT2D eigenvalue weighted by Gasteiger charge is 2.13. The molecule has 1 heterocycles. The first kappa shape index (κ1) is 10.6. The molecular formula is C7H4ClF2NO3. The number of hydrogen-bond donors (Lipinski definition) is 1. The van der Waals surface area contributed by atoms with Crippen LogP contribution in [0.25, 0.3) is 0 Å². The van der Waals surface area contributed by atoms with Crippen molar-refractivity contribution in [2.45, 2.75) is 6.61 Å². The first-order chi connectivity index (χ1) is 6.50. The summed E-state index contributed by atoms with van der Waals surface area (Å²) in [5.74, 6) is -1.82. The van der Waals surface area contributed by atoms with Gasteiger partial charge < -0.3 is 9.84 Å². The molecule has 1 aromatic rings. The number of aromatic carboxylic acids is 1. The molecule has 14 heavy (non-hydrogen) atoms. The van der Waals surface area contributed by atoms with Gasteiger partial charge in [0.1, 0.15) is 0 Å². The number of rotatable bonds is 3. The summed E-state index contributed by atoms with van der Waals surface area (Å²) in [6, 6.07) is 0.830. The van der Waals surface area contributed by atoms with Crippen LogP contribution in [0, 0.1) is 0 Å². The van der Waals surface area contributed by atoms with Gasteiger partial charge in [-0.1, -0.05) is 11.6 Å². The molecule has 0 spiro atoms. The van der Waals surface area contributed by atoms with Gasteiger partial charge >= 0.3 is 12.6 Å². The summed E-state index contributed by atoms with van der Waals surface area (Å²) < 4.78 is 27.3. The molecule has 4 nitrogen and oxygen atoms in total. The standard InChI is InChI=1S/C7H4ClF2NO3/c8-4-2-11-5(14-7(9)10)1-3(4)6(12)13/h1-2,7H,(H,12,13). The van der Waals surface area contributed by atoms with Crippen molar-refractivity contribution in [3.63, 3.8) is 0 Å². The lowest BCUT2D eigenvalue weighted by Gasteiger charge is -2.04. The highest BCUT2D eigenvalue weighted by molar-refractivity contribution is 6.33. The van der Waals surface area contributed by atoms with Crippen molar-refractivity contribution in [1.29, 1.82) is 0 Å². The molecule has 1 aromatic heterocycles. The molecule has 0 fully saturated rings. The smallest absolute Gasteiger partial charge is 0.388 e. The number of ether oxygens (including phenoxy) is 1. The number of carboxylic acid groups (broad SMARTS) is 1. The van der Waals surface area contributed by atoms with Crippen LogP contribution in [-0.4, -0.2) is 22.7 Å². The number of hydrogen-bond acceptors (Lipinski definition) is 3. The predicted octanol–water partition coefficient (Wildman–Crippen LogP) is 2.03. The molecule has 0 saturated carbocycles. The summed E-state index contributed by atoms with van der Waals surface area (Å²) in [7, 11) is 0. The number of halogens is 3. The minimum Gasteiger partial charge on any atom is -0.478 e. The Balaban J connectivity index is 3.00. The quantitative estimate of drug-likeness (QED) is 0.852. The summed E-state index contributed by atoms with van der Waals surface area (Å²) >= 11 is 5.44. The summed E-state index contributed by atoms with van der Waals surface area (Å²) in [5.41, 5.74) is -0.336. The SMILES string of the molecule is O=C(O)c1cc(OC(F)F)ncc1Cl. The van der Waals surface area contributed by atoms with E-state index in [1.54, 1.807) is 0 Å². The lowest BCUT2D eigenvalue weighted by molar-refractivity contribution is -0.0529. The highest BCUT2D eigenvalue weighted by atomic mass is 35.5. The minimum atomic E-state index is -3.05. The first-order valence-corrected chi connectivity index (χ1v) is 3.72. The van der Waals surface area contributed by atoms with Crippen molar-refractivity contribution in [3.05, 3.63) is 22.8 Å². The Morgan fingerprint density at radius 3 is 2.79 bits per heavy atom. The van der Waals surface area contributed by atoms with E-state index in [4.69, 9.17) is 16.7 Å². The Morgan fingerprint density at radius 2 is 2.29 bits per heavy atom. The number of aromatic nitrogens is 1. The molecule has 1 N–H and O–H groups in total. The van der Waals surface area contributed by atoms with Gasteiger partial charge in [-0.05, 0) is 0 Å². The molecule has 0 aliphatic rings. The monoisotopic (exact) mass is 223 g/mol. The Labute approximate surface area is 82.1 Å². The van der Waals surface area contributed by atoms with Crippen LogP contribution >= 0.6 is 11.6 Å². The van der Waals surface area contributed by atoms with Crippen molar-refractivity contribution < 1.29 is 23.4 Å². The number of pyridine rings is 1. The average Bonchev–Trinajstić information content (AvgIpc) is 2.07. The fraction of sp³-hybridized carbons (Fsp3) is 0.143. The second kappa shape index (κ2) is 4.19. The van der Waals surface area contributed by atoms with Gasteiger partial charge in [-0.2, -0.15) is 8.78 Å². The summed E-state index contributed by atoms with van der Waals surface area (Å²) in [6.07, 6.45) is 0.933. The molecular weight excluding hydrogens is 220 g/mol. The van der Waals surface area contributed by atoms with Crippen LogP contribution in [-0.2, 0) is 0 Å². The van der Waals surface area contributed by atoms with Gasteiger partial charge in [-0.25, -0.2) is 9.78 Å². The van der Waals surface area contributed by atoms with Crippen LogP contribution in [0.1, 0.15) is 10.4 Å². The van der Waals surface area contributed by atoms with E-state index in [1.165, 1.54) is 0 Å². The van der Waals surface area contributed by atoms with E-state index in [9.17, 15) is 13.6 Å². The fourth-order valence-corrected chi connectivity index (χ4v) is 0.923. The number of carboxylic acids is 1. The minimum absolute atomic E-state index is 0.140. The molecule has 7 heteroatoms. The summed E-state index contributed by atoms with van der Waals surface area (Å²) in [4.78, 5) is 13.9. The molecule has 0 bridgehead atoms. The Morgan fingerprint density at radius 1 is 1.64 bits per heavy atom. The maximum Gasteiger partial charge on any atom is 0.388 e. The Kier molecular flexibility index (Phi) is 3.19. The van der Waals surface area contributed by atoms with E-state index in [-0.39, 0.29) is 10.6 Å². The summed E-state index contributed by atoms with van der Waals surface area (Å²) in [6.45, 7) is -3.05. The second-order valence-corrected chi connectivity index (χ2v) is 2.59. The van der Waals surface area contributed by atoms with Gasteiger partial charge in [0, 0.05) is 6.07 Å². The van der Waals surface area contributed by atoms with E-state index >= 15 is 0 Å². The van der Waals surface area contributed by atoms with Crippen LogP contribution < -0.4 is 4.74 Å². The van der Waals surface area contributed by atoms with Gasteiger partial charge in [-0.15, -0.1) is 0 Å². The van der Waals surface area contributed by atoms with Gasteiger partial charge in [0.15, 0.2) is 0 Å². The third-order valence-corrected chi connectivity index (χ3v) is 1.57. The van der Waals surface area contributed by atoms with Gasteiger partial charge in [-0.3, -0.25) is 0 Å². The van der Waals surface area contributed by atoms with Crippen molar-refractivity contribution in [1.82, 2.24) is 4.98 Å². The van der Waals surface area contributed by atoms with Gasteiger partial charge in [0.25, 0.3) is 0 Å². The third kappa shape index (κ3) is 2.53. The van der Waals surface area contributed by atoms with E-state index in [1.807, 2.05) is 0 Å². The van der Waals surface area contributed by atoms with Gasteiger partial charge in [0.2, 0.25) is 5.88 Å². The molecule has 0 aliphatic carbocycles. The summed E-state index contributed by atoms with van der Waals surface area (Å²) in [5, 5.41) is 8.43. The van der Waals surface area contributed by atoms with E-state index < -0.39 is 18.5 Å². The molecule has 76 valence electrons.